The zero-order valence-electron chi connectivity index (χ0n) is 19.7. The van der Waals surface area contributed by atoms with E-state index in [-0.39, 0.29) is 12.3 Å². The molecule has 0 saturated carbocycles. The summed E-state index contributed by atoms with van der Waals surface area (Å²) in [5.41, 5.74) is 5.40. The molecule has 0 radical (unpaired) electrons. The summed E-state index contributed by atoms with van der Waals surface area (Å²) in [5.74, 6) is 0.0658. The number of carbonyl (C=O) groups is 1. The molecule has 0 N–H and O–H groups in total. The van der Waals surface area contributed by atoms with E-state index in [0.717, 1.165) is 33.8 Å². The molecule has 1 aliphatic heterocycles. The van der Waals surface area contributed by atoms with Gasteiger partial charge in [-0.25, -0.2) is 8.42 Å². The quantitative estimate of drug-likeness (QED) is 0.518. The van der Waals surface area contributed by atoms with Gasteiger partial charge < -0.3 is 4.57 Å². The molecular formula is C26H31N3O3S. The Balaban J connectivity index is 1.44. The van der Waals surface area contributed by atoms with E-state index in [2.05, 4.69) is 4.57 Å². The number of benzene rings is 2. The van der Waals surface area contributed by atoms with Crippen molar-refractivity contribution in [3.8, 4) is 5.69 Å². The topological polar surface area (TPSA) is 62.6 Å². The van der Waals surface area contributed by atoms with Crippen molar-refractivity contribution >= 4 is 15.8 Å². The molecule has 2 aromatic carbocycles. The second-order valence-corrected chi connectivity index (χ2v) is 10.7. The Morgan fingerprint density at radius 2 is 1.55 bits per heavy atom. The minimum Gasteiger partial charge on any atom is -0.318 e. The SMILES string of the molecule is Cc1ccc(C)c(S(=O)(=O)N2CCN(CC(=O)c3cc(C)n(-c4ccccc4)c3C)CC2)c1. The van der Waals surface area contributed by atoms with Crippen molar-refractivity contribution in [2.45, 2.75) is 32.6 Å². The summed E-state index contributed by atoms with van der Waals surface area (Å²) >= 11 is 0. The van der Waals surface area contributed by atoms with Gasteiger partial charge >= 0.3 is 0 Å². The first-order valence-electron chi connectivity index (χ1n) is 11.3. The summed E-state index contributed by atoms with van der Waals surface area (Å²) in [4.78, 5) is 15.5. The maximum atomic E-state index is 13.2. The molecule has 1 saturated heterocycles. The Bertz CT molecular complexity index is 1270. The van der Waals surface area contributed by atoms with Crippen LogP contribution in [0.15, 0.2) is 59.5 Å². The predicted octanol–water partition coefficient (Wildman–Crippen LogP) is 3.90. The van der Waals surface area contributed by atoms with Crippen molar-refractivity contribution in [2.24, 2.45) is 0 Å². The predicted molar refractivity (Wildman–Crippen MR) is 131 cm³/mol. The molecule has 1 aromatic heterocycles. The number of Topliss-reactive ketones (excluding diaryl/α,β-unsaturated/α-hetero) is 1. The Morgan fingerprint density at radius 3 is 2.21 bits per heavy atom. The minimum atomic E-state index is -3.54. The molecule has 1 fully saturated rings. The molecule has 0 amide bonds. The molecule has 0 atom stereocenters. The fourth-order valence-electron chi connectivity index (χ4n) is 4.56. The lowest BCUT2D eigenvalue weighted by atomic mass is 10.1. The number of aromatic nitrogens is 1. The zero-order valence-corrected chi connectivity index (χ0v) is 20.5. The van der Waals surface area contributed by atoms with Crippen molar-refractivity contribution < 1.29 is 13.2 Å². The van der Waals surface area contributed by atoms with Crippen LogP contribution in [0.4, 0.5) is 0 Å². The van der Waals surface area contributed by atoms with Crippen LogP contribution in [0.3, 0.4) is 0 Å². The normalized spacial score (nSPS) is 15.6. The second-order valence-electron chi connectivity index (χ2n) is 8.83. The average Bonchev–Trinajstić information content (AvgIpc) is 3.10. The maximum Gasteiger partial charge on any atom is 0.243 e. The molecule has 0 aliphatic carbocycles. The molecule has 0 unspecified atom stereocenters. The third-order valence-corrected chi connectivity index (χ3v) is 8.45. The van der Waals surface area contributed by atoms with Crippen molar-refractivity contribution in [3.63, 3.8) is 0 Å². The maximum absolute atomic E-state index is 13.2. The van der Waals surface area contributed by atoms with Crippen LogP contribution in [0.1, 0.15) is 32.9 Å². The first kappa shape index (κ1) is 23.4. The van der Waals surface area contributed by atoms with E-state index in [1.807, 2.05) is 81.1 Å². The number of aryl methyl sites for hydroxylation is 3. The van der Waals surface area contributed by atoms with E-state index < -0.39 is 10.0 Å². The first-order chi connectivity index (χ1) is 15.7. The van der Waals surface area contributed by atoms with Crippen LogP contribution in [-0.4, -0.2) is 60.7 Å². The Hall–Kier alpha value is -2.74. The summed E-state index contributed by atoms with van der Waals surface area (Å²) in [6.45, 7) is 9.83. The molecule has 0 bridgehead atoms. The van der Waals surface area contributed by atoms with E-state index in [0.29, 0.717) is 31.1 Å². The smallest absolute Gasteiger partial charge is 0.243 e. The lowest BCUT2D eigenvalue weighted by Crippen LogP contribution is -2.49. The van der Waals surface area contributed by atoms with Gasteiger partial charge in [0.25, 0.3) is 0 Å². The number of sulfonamides is 1. The van der Waals surface area contributed by atoms with Crippen LogP contribution in [0, 0.1) is 27.7 Å². The summed E-state index contributed by atoms with van der Waals surface area (Å²) in [6, 6.07) is 17.5. The van der Waals surface area contributed by atoms with E-state index in [4.69, 9.17) is 0 Å². The fraction of sp³-hybridized carbons (Fsp3) is 0.346. The van der Waals surface area contributed by atoms with Crippen LogP contribution < -0.4 is 0 Å². The number of nitrogens with zero attached hydrogens (tertiary/aromatic N) is 3. The van der Waals surface area contributed by atoms with Gasteiger partial charge in [0, 0.05) is 48.8 Å². The van der Waals surface area contributed by atoms with Crippen LogP contribution in [0.5, 0.6) is 0 Å². The summed E-state index contributed by atoms with van der Waals surface area (Å²) < 4.78 is 30.0. The lowest BCUT2D eigenvalue weighted by Gasteiger charge is -2.33. The van der Waals surface area contributed by atoms with Gasteiger partial charge in [0.2, 0.25) is 10.0 Å². The monoisotopic (exact) mass is 465 g/mol. The van der Waals surface area contributed by atoms with Gasteiger partial charge in [0.05, 0.1) is 11.4 Å². The largest absolute Gasteiger partial charge is 0.318 e. The minimum absolute atomic E-state index is 0.0658. The summed E-state index contributed by atoms with van der Waals surface area (Å²) in [5, 5.41) is 0. The lowest BCUT2D eigenvalue weighted by molar-refractivity contribution is 0.0901. The number of para-hydroxylation sites is 1. The van der Waals surface area contributed by atoms with Crippen molar-refractivity contribution in [3.05, 3.63) is 82.7 Å². The van der Waals surface area contributed by atoms with Crippen LogP contribution in [0.25, 0.3) is 5.69 Å². The van der Waals surface area contributed by atoms with Gasteiger partial charge in [-0.2, -0.15) is 4.31 Å². The van der Waals surface area contributed by atoms with Crippen molar-refractivity contribution in [1.82, 2.24) is 13.8 Å². The van der Waals surface area contributed by atoms with E-state index in [9.17, 15) is 13.2 Å². The van der Waals surface area contributed by atoms with Crippen LogP contribution in [0.2, 0.25) is 0 Å². The van der Waals surface area contributed by atoms with Gasteiger partial charge in [-0.1, -0.05) is 30.3 Å². The van der Waals surface area contributed by atoms with Crippen molar-refractivity contribution in [2.75, 3.05) is 32.7 Å². The van der Waals surface area contributed by atoms with Gasteiger partial charge in [-0.3, -0.25) is 9.69 Å². The second kappa shape index (κ2) is 9.25. The first-order valence-corrected chi connectivity index (χ1v) is 12.7. The van der Waals surface area contributed by atoms with Crippen molar-refractivity contribution in [1.29, 1.82) is 0 Å². The molecule has 33 heavy (non-hydrogen) atoms. The molecule has 174 valence electrons. The van der Waals surface area contributed by atoms with Crippen LogP contribution in [-0.2, 0) is 10.0 Å². The van der Waals surface area contributed by atoms with Gasteiger partial charge in [-0.15, -0.1) is 0 Å². The highest BCUT2D eigenvalue weighted by atomic mass is 32.2. The summed E-state index contributed by atoms with van der Waals surface area (Å²) in [6.07, 6.45) is 0. The fourth-order valence-corrected chi connectivity index (χ4v) is 6.29. The summed E-state index contributed by atoms with van der Waals surface area (Å²) in [7, 11) is -3.54. The van der Waals surface area contributed by atoms with E-state index in [1.165, 1.54) is 4.31 Å². The van der Waals surface area contributed by atoms with Crippen LogP contribution >= 0.6 is 0 Å². The number of carbonyl (C=O) groups excluding carboxylic acids is 1. The highest BCUT2D eigenvalue weighted by molar-refractivity contribution is 7.89. The molecular weight excluding hydrogens is 434 g/mol. The molecule has 4 rings (SSSR count). The van der Waals surface area contributed by atoms with Gasteiger partial charge in [0.1, 0.15) is 0 Å². The standard InChI is InChI=1S/C26H31N3O3S/c1-19-10-11-20(2)26(16-19)33(31,32)28-14-12-27(13-15-28)18-25(30)24-17-21(3)29(22(24)4)23-8-6-5-7-9-23/h5-11,16-17H,12-15,18H2,1-4H3. The molecule has 2 heterocycles. The zero-order chi connectivity index (χ0) is 23.8. The van der Waals surface area contributed by atoms with Gasteiger partial charge in [0.15, 0.2) is 5.78 Å². The number of hydrogen-bond acceptors (Lipinski definition) is 4. The van der Waals surface area contributed by atoms with Gasteiger partial charge in [-0.05, 0) is 63.1 Å². The molecule has 7 heteroatoms. The number of piperazine rings is 1. The average molecular weight is 466 g/mol. The van der Waals surface area contributed by atoms with E-state index in [1.54, 1.807) is 6.07 Å². The number of rotatable bonds is 6. The molecule has 3 aromatic rings. The van der Waals surface area contributed by atoms with E-state index >= 15 is 0 Å². The number of ketones is 1. The Kier molecular flexibility index (Phi) is 6.56. The third kappa shape index (κ3) is 4.67. The highest BCUT2D eigenvalue weighted by Crippen LogP contribution is 2.24. The molecule has 0 spiro atoms. The third-order valence-electron chi connectivity index (χ3n) is 6.41. The highest BCUT2D eigenvalue weighted by Gasteiger charge is 2.30. The Labute approximate surface area is 196 Å². The Morgan fingerprint density at radius 1 is 0.879 bits per heavy atom. The molecule has 6 nitrogen and oxygen atoms in total. The molecule has 1 aliphatic rings. The number of hydrogen-bond donors (Lipinski definition) is 0.